The highest BCUT2D eigenvalue weighted by Crippen LogP contribution is 2.39. The van der Waals surface area contributed by atoms with Crippen molar-refractivity contribution < 1.29 is 19.1 Å². The average molecular weight is 526 g/mol. The minimum atomic E-state index is -0.801. The third kappa shape index (κ3) is 5.65. The Morgan fingerprint density at radius 1 is 1.21 bits per heavy atom. The second kappa shape index (κ2) is 10.9. The Morgan fingerprint density at radius 2 is 1.89 bits per heavy atom. The molecule has 2 amide bonds. The van der Waals surface area contributed by atoms with Crippen LogP contribution in [0.5, 0.6) is 0 Å². The number of nitrogens with zero attached hydrogens (tertiary/aromatic N) is 6. The molecule has 3 saturated heterocycles. The number of hydrogen-bond donors (Lipinski definition) is 1. The molecule has 1 aromatic rings. The van der Waals surface area contributed by atoms with Gasteiger partial charge in [-0.2, -0.15) is 0 Å². The highest BCUT2D eigenvalue weighted by Gasteiger charge is 2.53. The van der Waals surface area contributed by atoms with Crippen LogP contribution in [-0.4, -0.2) is 91.0 Å². The van der Waals surface area contributed by atoms with Gasteiger partial charge in [0.15, 0.2) is 5.78 Å². The third-order valence-corrected chi connectivity index (χ3v) is 7.84. The molecule has 11 nitrogen and oxygen atoms in total. The number of benzene rings is 1. The van der Waals surface area contributed by atoms with Gasteiger partial charge in [-0.3, -0.25) is 19.3 Å². The number of carbonyl (C=O) groups is 3. The summed E-state index contributed by atoms with van der Waals surface area (Å²) < 4.78 is 5.61. The standard InChI is InChI=1S/C27H39N7O4/c1-16(2)32-8-10-33(11-9-32)17-6-7-18(25(28)36)19(12-17)20(13-27(3,4)5)26(37)34-14-21(30-31-29)24-23(34)22(35)15-38-24/h6-7,12,16,20-21,23-24H,8-11,13-15H2,1-5H3,(H2,28,36)/t20-,21-,23+,24+/m0/s1. The highest BCUT2D eigenvalue weighted by atomic mass is 16.5. The Morgan fingerprint density at radius 3 is 2.47 bits per heavy atom. The Labute approximate surface area is 223 Å². The van der Waals surface area contributed by atoms with Crippen LogP contribution in [-0.2, 0) is 14.3 Å². The van der Waals surface area contributed by atoms with Crippen molar-refractivity contribution in [2.24, 2.45) is 16.3 Å². The maximum atomic E-state index is 14.3. The van der Waals surface area contributed by atoms with E-state index in [1.54, 1.807) is 6.07 Å². The number of primary amides is 1. The van der Waals surface area contributed by atoms with Crippen LogP contribution in [0.4, 0.5) is 5.69 Å². The van der Waals surface area contributed by atoms with Gasteiger partial charge in [0.2, 0.25) is 11.8 Å². The number of ketones is 1. The molecule has 3 heterocycles. The molecule has 0 bridgehead atoms. The Bertz CT molecular complexity index is 1130. The van der Waals surface area contributed by atoms with E-state index in [2.05, 4.69) is 33.7 Å². The van der Waals surface area contributed by atoms with Gasteiger partial charge in [0.25, 0.3) is 0 Å². The molecule has 0 aromatic heterocycles. The van der Waals surface area contributed by atoms with Gasteiger partial charge in [-0.25, -0.2) is 0 Å². The number of amides is 2. The first-order valence-corrected chi connectivity index (χ1v) is 13.3. The summed E-state index contributed by atoms with van der Waals surface area (Å²) in [6.45, 7) is 14.0. The van der Waals surface area contributed by atoms with Gasteiger partial charge >= 0.3 is 0 Å². The lowest BCUT2D eigenvalue weighted by Crippen LogP contribution is -2.49. The lowest BCUT2D eigenvalue weighted by atomic mass is 9.79. The van der Waals surface area contributed by atoms with Crippen LogP contribution in [0.1, 0.15) is 62.9 Å². The monoisotopic (exact) mass is 525 g/mol. The molecule has 3 aliphatic heterocycles. The second-order valence-corrected chi connectivity index (χ2v) is 12.0. The molecular weight excluding hydrogens is 486 g/mol. The minimum absolute atomic E-state index is 0.0906. The molecular formula is C27H39N7O4. The van der Waals surface area contributed by atoms with E-state index in [0.29, 0.717) is 23.6 Å². The Kier molecular flexibility index (Phi) is 8.01. The SMILES string of the molecule is CC(C)N1CCN(c2ccc(C(N)=O)c([C@H](CC(C)(C)C)C(=O)N3C[C@H](N=[N+]=[N-])[C@H]4OCC(=O)[C@H]43)c2)CC1. The predicted molar refractivity (Wildman–Crippen MR) is 144 cm³/mol. The van der Waals surface area contributed by atoms with Gasteiger partial charge in [0.05, 0.1) is 18.1 Å². The van der Waals surface area contributed by atoms with Crippen molar-refractivity contribution in [3.05, 3.63) is 39.8 Å². The largest absolute Gasteiger partial charge is 0.369 e. The molecule has 0 radical (unpaired) electrons. The van der Waals surface area contributed by atoms with Crippen LogP contribution in [0.25, 0.3) is 10.4 Å². The topological polar surface area (TPSA) is 145 Å². The first kappa shape index (κ1) is 27.9. The first-order chi connectivity index (χ1) is 17.9. The highest BCUT2D eigenvalue weighted by molar-refractivity contribution is 5.99. The fourth-order valence-corrected chi connectivity index (χ4v) is 5.92. The van der Waals surface area contributed by atoms with Crippen molar-refractivity contribution in [2.45, 2.75) is 71.2 Å². The summed E-state index contributed by atoms with van der Waals surface area (Å²) in [5, 5.41) is 3.80. The number of rotatable bonds is 7. The molecule has 3 aliphatic rings. The summed E-state index contributed by atoms with van der Waals surface area (Å²) in [7, 11) is 0. The fourth-order valence-electron chi connectivity index (χ4n) is 5.92. The molecule has 0 saturated carbocycles. The summed E-state index contributed by atoms with van der Waals surface area (Å²) in [5.74, 6) is -1.81. The Balaban J connectivity index is 1.72. The van der Waals surface area contributed by atoms with Crippen LogP contribution >= 0.6 is 0 Å². The average Bonchev–Trinajstić information content (AvgIpc) is 3.42. The summed E-state index contributed by atoms with van der Waals surface area (Å²) in [6.07, 6.45) is -0.219. The molecule has 1 aromatic carbocycles. The summed E-state index contributed by atoms with van der Waals surface area (Å²) in [6, 6.07) is 4.55. The molecule has 4 atom stereocenters. The van der Waals surface area contributed by atoms with Crippen LogP contribution < -0.4 is 10.6 Å². The van der Waals surface area contributed by atoms with Gasteiger partial charge in [-0.05, 0) is 55.0 Å². The molecule has 11 heteroatoms. The number of fused-ring (bicyclic) bond motifs is 1. The lowest BCUT2D eigenvalue weighted by Gasteiger charge is -2.38. The van der Waals surface area contributed by atoms with Crippen LogP contribution in [0, 0.1) is 5.41 Å². The number of ether oxygens (including phenoxy) is 1. The van der Waals surface area contributed by atoms with Crippen LogP contribution in [0.2, 0.25) is 0 Å². The molecule has 38 heavy (non-hydrogen) atoms. The molecule has 0 spiro atoms. The van der Waals surface area contributed by atoms with Gasteiger partial charge in [-0.1, -0.05) is 25.9 Å². The normalized spacial score (nSPS) is 24.9. The summed E-state index contributed by atoms with van der Waals surface area (Å²) >= 11 is 0. The van der Waals surface area contributed by atoms with E-state index < -0.39 is 30.0 Å². The smallest absolute Gasteiger partial charge is 0.249 e. The van der Waals surface area contributed by atoms with E-state index in [-0.39, 0.29) is 30.3 Å². The number of azide groups is 1. The zero-order valence-corrected chi connectivity index (χ0v) is 23.0. The van der Waals surface area contributed by atoms with E-state index in [1.807, 2.05) is 32.9 Å². The fraction of sp³-hybridized carbons (Fsp3) is 0.667. The molecule has 0 aliphatic carbocycles. The second-order valence-electron chi connectivity index (χ2n) is 12.0. The van der Waals surface area contributed by atoms with Gasteiger partial charge in [0, 0.05) is 54.9 Å². The van der Waals surface area contributed by atoms with Gasteiger partial charge in [0.1, 0.15) is 12.6 Å². The van der Waals surface area contributed by atoms with Crippen molar-refractivity contribution in [3.63, 3.8) is 0 Å². The Hall–Kier alpha value is -3.14. The number of likely N-dealkylation sites (tertiary alicyclic amines) is 1. The number of anilines is 1. The molecule has 0 unspecified atom stereocenters. The maximum absolute atomic E-state index is 14.3. The van der Waals surface area contributed by atoms with Crippen LogP contribution in [0.3, 0.4) is 0 Å². The van der Waals surface area contributed by atoms with Gasteiger partial charge < -0.3 is 20.3 Å². The van der Waals surface area contributed by atoms with Crippen LogP contribution in [0.15, 0.2) is 23.3 Å². The predicted octanol–water partition coefficient (Wildman–Crippen LogP) is 2.69. The quantitative estimate of drug-likeness (QED) is 0.329. The van der Waals surface area contributed by atoms with E-state index >= 15 is 0 Å². The molecule has 4 rings (SSSR count). The molecule has 3 fully saturated rings. The van der Waals surface area contributed by atoms with E-state index in [4.69, 9.17) is 16.0 Å². The van der Waals surface area contributed by atoms with Gasteiger partial charge in [-0.15, -0.1) is 0 Å². The van der Waals surface area contributed by atoms with E-state index in [0.717, 1.165) is 31.9 Å². The van der Waals surface area contributed by atoms with Crippen molar-refractivity contribution in [3.8, 4) is 0 Å². The maximum Gasteiger partial charge on any atom is 0.249 e. The number of nitrogens with two attached hydrogens (primary N) is 1. The van der Waals surface area contributed by atoms with Crippen molar-refractivity contribution >= 4 is 23.3 Å². The van der Waals surface area contributed by atoms with E-state index in [1.165, 1.54) is 4.90 Å². The minimum Gasteiger partial charge on any atom is -0.369 e. The van der Waals surface area contributed by atoms with Crippen molar-refractivity contribution in [1.29, 1.82) is 0 Å². The first-order valence-electron chi connectivity index (χ1n) is 13.3. The number of carbonyl (C=O) groups excluding carboxylic acids is 3. The van der Waals surface area contributed by atoms with E-state index in [9.17, 15) is 14.4 Å². The summed E-state index contributed by atoms with van der Waals surface area (Å²) in [4.78, 5) is 48.6. The van der Waals surface area contributed by atoms with Crippen molar-refractivity contribution in [2.75, 3.05) is 44.2 Å². The number of Topliss-reactive ketones (excluding diaryl/α,β-unsaturated/α-hetero) is 1. The molecule has 2 N–H and O–H groups in total. The zero-order valence-electron chi connectivity index (χ0n) is 23.0. The summed E-state index contributed by atoms with van der Waals surface area (Å²) in [5.41, 5.74) is 16.4. The molecule has 206 valence electrons. The third-order valence-electron chi connectivity index (χ3n) is 7.84. The number of piperazine rings is 1. The van der Waals surface area contributed by atoms with Crippen molar-refractivity contribution in [1.82, 2.24) is 9.80 Å². The zero-order chi connectivity index (χ0) is 27.8. The number of hydrogen-bond acceptors (Lipinski definition) is 7. The lowest BCUT2D eigenvalue weighted by molar-refractivity contribution is -0.138.